The Bertz CT molecular complexity index is 1290. The van der Waals surface area contributed by atoms with Crippen molar-refractivity contribution in [1.29, 1.82) is 0 Å². The molecule has 2 heteroatoms. The Morgan fingerprint density at radius 2 is 1.07 bits per heavy atom. The van der Waals surface area contributed by atoms with Crippen LogP contribution in [-0.2, 0) is 18.3 Å². The van der Waals surface area contributed by atoms with Gasteiger partial charge in [0.15, 0.2) is 0 Å². The standard InChI is InChI=1S/C41H60N2/c1-7-11-13-15-17-19-27-41(28-20-18-16-14-12-8-2)36-29-31(5)23-25-34(36)35-26-24-33(30-37(35)41)40-39(22-10-4)42-32(6)38(43-40)21-9-3/h23-26,29-30H,7-22,27-28H2,1-6H3. The molecular weight excluding hydrogens is 520 g/mol. The zero-order chi connectivity index (χ0) is 30.7. The molecule has 0 spiro atoms. The maximum absolute atomic E-state index is 5.33. The quantitative estimate of drug-likeness (QED) is 0.132. The second-order valence-corrected chi connectivity index (χ2v) is 13.5. The van der Waals surface area contributed by atoms with E-state index in [0.29, 0.717) is 0 Å². The van der Waals surface area contributed by atoms with Crippen molar-refractivity contribution in [3.05, 3.63) is 70.2 Å². The van der Waals surface area contributed by atoms with Crippen LogP contribution in [0.25, 0.3) is 22.4 Å². The fraction of sp³-hybridized carbons (Fsp3) is 0.610. The van der Waals surface area contributed by atoms with Crippen LogP contribution in [0.3, 0.4) is 0 Å². The highest BCUT2D eigenvalue weighted by Gasteiger charge is 2.42. The predicted octanol–water partition coefficient (Wildman–Crippen LogP) is 12.4. The van der Waals surface area contributed by atoms with Crippen LogP contribution in [0.4, 0.5) is 0 Å². The lowest BCUT2D eigenvalue weighted by molar-refractivity contribution is 0.398. The Balaban J connectivity index is 1.78. The van der Waals surface area contributed by atoms with Crippen molar-refractivity contribution >= 4 is 0 Å². The highest BCUT2D eigenvalue weighted by Crippen LogP contribution is 2.55. The molecule has 43 heavy (non-hydrogen) atoms. The highest BCUT2D eigenvalue weighted by atomic mass is 14.8. The van der Waals surface area contributed by atoms with Crippen molar-refractivity contribution in [1.82, 2.24) is 9.97 Å². The summed E-state index contributed by atoms with van der Waals surface area (Å²) in [4.78, 5) is 10.5. The zero-order valence-electron chi connectivity index (χ0n) is 28.6. The Kier molecular flexibility index (Phi) is 12.9. The Labute approximate surface area is 264 Å². The van der Waals surface area contributed by atoms with Crippen LogP contribution in [0.2, 0.25) is 0 Å². The molecule has 0 saturated heterocycles. The Morgan fingerprint density at radius 1 is 0.535 bits per heavy atom. The van der Waals surface area contributed by atoms with E-state index < -0.39 is 0 Å². The van der Waals surface area contributed by atoms with Gasteiger partial charge in [-0.1, -0.05) is 153 Å². The van der Waals surface area contributed by atoms with E-state index in [1.54, 1.807) is 11.1 Å². The molecule has 0 saturated carbocycles. The van der Waals surface area contributed by atoms with Gasteiger partial charge < -0.3 is 0 Å². The first-order valence-electron chi connectivity index (χ1n) is 18.1. The summed E-state index contributed by atoms with van der Waals surface area (Å²) in [6.45, 7) is 13.6. The summed E-state index contributed by atoms with van der Waals surface area (Å²) in [5.74, 6) is 0. The molecule has 2 nitrogen and oxygen atoms in total. The molecule has 3 aromatic rings. The van der Waals surface area contributed by atoms with Gasteiger partial charge in [0.2, 0.25) is 0 Å². The molecule has 0 atom stereocenters. The number of hydrogen-bond acceptors (Lipinski definition) is 2. The van der Waals surface area contributed by atoms with Crippen LogP contribution in [-0.4, -0.2) is 9.97 Å². The minimum Gasteiger partial charge on any atom is -0.254 e. The zero-order valence-corrected chi connectivity index (χ0v) is 28.6. The summed E-state index contributed by atoms with van der Waals surface area (Å²) in [7, 11) is 0. The van der Waals surface area contributed by atoms with Gasteiger partial charge in [-0.25, -0.2) is 4.98 Å². The number of nitrogens with zero attached hydrogens (tertiary/aromatic N) is 2. The molecule has 0 bridgehead atoms. The summed E-state index contributed by atoms with van der Waals surface area (Å²) in [5.41, 5.74) is 13.4. The van der Waals surface area contributed by atoms with Gasteiger partial charge in [-0.15, -0.1) is 0 Å². The van der Waals surface area contributed by atoms with E-state index in [-0.39, 0.29) is 5.41 Å². The number of rotatable bonds is 19. The van der Waals surface area contributed by atoms with Crippen LogP contribution in [0.15, 0.2) is 36.4 Å². The van der Waals surface area contributed by atoms with Gasteiger partial charge in [-0.05, 0) is 67.9 Å². The number of benzene rings is 2. The molecule has 0 N–H and O–H groups in total. The van der Waals surface area contributed by atoms with Crippen molar-refractivity contribution in [2.75, 3.05) is 0 Å². The molecule has 0 fully saturated rings. The van der Waals surface area contributed by atoms with Crippen LogP contribution in [0, 0.1) is 13.8 Å². The lowest BCUT2D eigenvalue weighted by atomic mass is 9.70. The smallest absolute Gasteiger partial charge is 0.0920 e. The van der Waals surface area contributed by atoms with E-state index in [1.165, 1.54) is 124 Å². The topological polar surface area (TPSA) is 25.8 Å². The molecule has 0 amide bonds. The highest BCUT2D eigenvalue weighted by molar-refractivity contribution is 5.84. The fourth-order valence-corrected chi connectivity index (χ4v) is 7.55. The van der Waals surface area contributed by atoms with Crippen molar-refractivity contribution in [2.45, 2.75) is 163 Å². The number of unbranched alkanes of at least 4 members (excludes halogenated alkanes) is 10. The van der Waals surface area contributed by atoms with Gasteiger partial charge >= 0.3 is 0 Å². The second-order valence-electron chi connectivity index (χ2n) is 13.5. The minimum absolute atomic E-state index is 0.0947. The second kappa shape index (κ2) is 16.6. The van der Waals surface area contributed by atoms with Crippen molar-refractivity contribution in [3.8, 4) is 22.4 Å². The molecule has 0 unspecified atom stereocenters. The first-order valence-corrected chi connectivity index (χ1v) is 18.1. The van der Waals surface area contributed by atoms with Crippen molar-refractivity contribution < 1.29 is 0 Å². The molecule has 4 rings (SSSR count). The summed E-state index contributed by atoms with van der Waals surface area (Å²) < 4.78 is 0. The lowest BCUT2D eigenvalue weighted by Gasteiger charge is -2.33. The monoisotopic (exact) mass is 580 g/mol. The minimum atomic E-state index is 0.0947. The van der Waals surface area contributed by atoms with Gasteiger partial charge in [0.25, 0.3) is 0 Å². The van der Waals surface area contributed by atoms with Crippen LogP contribution < -0.4 is 0 Å². The molecule has 1 aromatic heterocycles. The molecule has 234 valence electrons. The summed E-state index contributed by atoms with van der Waals surface area (Å²) in [6, 6.07) is 14.6. The van der Waals surface area contributed by atoms with E-state index >= 15 is 0 Å². The first-order chi connectivity index (χ1) is 21.0. The maximum Gasteiger partial charge on any atom is 0.0920 e. The third-order valence-corrected chi connectivity index (χ3v) is 9.92. The van der Waals surface area contributed by atoms with E-state index in [2.05, 4.69) is 77.9 Å². The van der Waals surface area contributed by atoms with Crippen molar-refractivity contribution in [3.63, 3.8) is 0 Å². The van der Waals surface area contributed by atoms with E-state index in [4.69, 9.17) is 9.97 Å². The van der Waals surface area contributed by atoms with E-state index in [0.717, 1.165) is 37.1 Å². The molecule has 1 heterocycles. The molecular formula is C41H60N2. The average Bonchev–Trinajstić information content (AvgIpc) is 3.26. The number of fused-ring (bicyclic) bond motifs is 3. The number of aryl methyl sites for hydroxylation is 4. The fourth-order valence-electron chi connectivity index (χ4n) is 7.55. The maximum atomic E-state index is 5.33. The lowest BCUT2D eigenvalue weighted by Crippen LogP contribution is -2.26. The summed E-state index contributed by atoms with van der Waals surface area (Å²) in [6.07, 6.45) is 22.8. The van der Waals surface area contributed by atoms with Crippen molar-refractivity contribution in [2.24, 2.45) is 0 Å². The van der Waals surface area contributed by atoms with Crippen LogP contribution in [0.5, 0.6) is 0 Å². The van der Waals surface area contributed by atoms with Crippen LogP contribution >= 0.6 is 0 Å². The summed E-state index contributed by atoms with van der Waals surface area (Å²) >= 11 is 0. The normalized spacial score (nSPS) is 13.3. The molecule has 0 radical (unpaired) electrons. The van der Waals surface area contributed by atoms with Gasteiger partial charge in [0.05, 0.1) is 22.8 Å². The largest absolute Gasteiger partial charge is 0.254 e. The van der Waals surface area contributed by atoms with E-state index in [9.17, 15) is 0 Å². The third-order valence-electron chi connectivity index (χ3n) is 9.92. The Morgan fingerprint density at radius 3 is 1.67 bits per heavy atom. The third kappa shape index (κ3) is 7.98. The van der Waals surface area contributed by atoms with Crippen LogP contribution in [0.1, 0.15) is 164 Å². The number of aromatic nitrogens is 2. The van der Waals surface area contributed by atoms with Gasteiger partial charge in [0.1, 0.15) is 0 Å². The van der Waals surface area contributed by atoms with Gasteiger partial charge in [-0.2, -0.15) is 0 Å². The van der Waals surface area contributed by atoms with E-state index in [1.807, 2.05) is 0 Å². The SMILES string of the molecule is CCCCCCCCC1(CCCCCCCC)c2cc(C)ccc2-c2ccc(-c3nc(CCC)c(C)nc3CCC)cc21. The van der Waals surface area contributed by atoms with Gasteiger partial charge in [-0.3, -0.25) is 4.98 Å². The molecule has 1 aliphatic carbocycles. The summed E-state index contributed by atoms with van der Waals surface area (Å²) in [5, 5.41) is 0. The first kappa shape index (κ1) is 33.4. The average molecular weight is 581 g/mol. The molecule has 2 aromatic carbocycles. The predicted molar refractivity (Wildman–Crippen MR) is 187 cm³/mol. The Hall–Kier alpha value is -2.48. The number of hydrogen-bond donors (Lipinski definition) is 0. The van der Waals surface area contributed by atoms with Gasteiger partial charge in [0, 0.05) is 11.0 Å². The molecule has 0 aliphatic heterocycles. The molecule has 1 aliphatic rings.